The van der Waals surface area contributed by atoms with Gasteiger partial charge in [0.05, 0.1) is 22.0 Å². The number of nitrogens with zero attached hydrogens (tertiary/aromatic N) is 6. The first kappa shape index (κ1) is 25.2. The number of aryl methyl sites for hydroxylation is 1. The molecule has 0 aromatic carbocycles. The first-order valence-electron chi connectivity index (χ1n) is 12.4. The van der Waals surface area contributed by atoms with Gasteiger partial charge in [0.15, 0.2) is 5.69 Å². The first-order valence-corrected chi connectivity index (χ1v) is 13.3. The summed E-state index contributed by atoms with van der Waals surface area (Å²) in [7, 11) is 1.46. The fraction of sp³-hybridized carbons (Fsp3) is 0.625. The van der Waals surface area contributed by atoms with E-state index in [2.05, 4.69) is 14.9 Å². The van der Waals surface area contributed by atoms with Crippen LogP contribution in [-0.2, 0) is 18.0 Å². The zero-order chi connectivity index (χ0) is 25.4. The lowest BCUT2D eigenvalue weighted by atomic mass is 9.91. The van der Waals surface area contributed by atoms with Gasteiger partial charge < -0.3 is 9.80 Å². The lowest BCUT2D eigenvalue weighted by Crippen LogP contribution is -2.56. The fourth-order valence-electron chi connectivity index (χ4n) is 5.07. The highest BCUT2D eigenvalue weighted by molar-refractivity contribution is 7.17. The van der Waals surface area contributed by atoms with Gasteiger partial charge >= 0.3 is 6.18 Å². The topological polar surface area (TPSA) is 64.9 Å². The molecule has 2 aromatic heterocycles. The van der Waals surface area contributed by atoms with Crippen LogP contribution in [0.2, 0.25) is 0 Å². The van der Waals surface area contributed by atoms with Crippen LogP contribution in [0.5, 0.6) is 0 Å². The number of carbonyl (C=O) groups excluding carboxylic acids is 2. The Hall–Kier alpha value is -2.44. The number of hydrogen-bond donors (Lipinski definition) is 0. The monoisotopic (exact) mass is 524 g/mol. The Bertz CT molecular complexity index is 1100. The second kappa shape index (κ2) is 10.1. The molecule has 8 nitrogen and oxygen atoms in total. The largest absolute Gasteiger partial charge is 0.435 e. The Balaban J connectivity index is 1.11. The molecule has 3 fully saturated rings. The second-order valence-electron chi connectivity index (χ2n) is 9.77. The van der Waals surface area contributed by atoms with E-state index in [-0.39, 0.29) is 11.8 Å². The van der Waals surface area contributed by atoms with Crippen molar-refractivity contribution in [1.82, 2.24) is 29.4 Å². The van der Waals surface area contributed by atoms with Crippen LogP contribution in [0.25, 0.3) is 10.6 Å². The van der Waals surface area contributed by atoms with Gasteiger partial charge in [0.25, 0.3) is 5.91 Å². The maximum atomic E-state index is 13.0. The predicted octanol–water partition coefficient (Wildman–Crippen LogP) is 2.62. The van der Waals surface area contributed by atoms with Gasteiger partial charge in [-0.15, -0.1) is 11.3 Å². The molecule has 3 aliphatic rings. The van der Waals surface area contributed by atoms with Gasteiger partial charge in [0, 0.05) is 65.4 Å². The number of aromatic nitrogens is 2. The summed E-state index contributed by atoms with van der Waals surface area (Å²) in [6, 6.07) is 5.04. The van der Waals surface area contributed by atoms with Crippen molar-refractivity contribution in [1.29, 1.82) is 0 Å². The standard InChI is InChI=1S/C24H31F3N6O2S/c1-29-18(15-21(28-29)24(25,26)27)19-5-6-20(36-19)23(35)33-9-7-30(8-10-33)16-22(34)32-13-11-31(12-14-32)17-3-2-4-17/h5-6,15,17H,2-4,7-14,16H2,1H3. The molecular formula is C24H31F3N6O2S. The number of rotatable bonds is 5. The molecule has 2 saturated heterocycles. The lowest BCUT2D eigenvalue weighted by molar-refractivity contribution is -0.141. The van der Waals surface area contributed by atoms with E-state index in [0.29, 0.717) is 54.2 Å². The van der Waals surface area contributed by atoms with E-state index in [1.807, 2.05) is 4.90 Å². The minimum atomic E-state index is -4.52. The number of piperazine rings is 2. The summed E-state index contributed by atoms with van der Waals surface area (Å²) in [6.45, 7) is 6.12. The van der Waals surface area contributed by atoms with Gasteiger partial charge in [-0.25, -0.2) is 0 Å². The third-order valence-electron chi connectivity index (χ3n) is 7.52. The van der Waals surface area contributed by atoms with E-state index in [4.69, 9.17) is 0 Å². The number of amides is 2. The van der Waals surface area contributed by atoms with Crippen LogP contribution in [-0.4, -0.2) is 106 Å². The van der Waals surface area contributed by atoms with E-state index in [0.717, 1.165) is 32.2 Å². The summed E-state index contributed by atoms with van der Waals surface area (Å²) in [5.74, 6) is 0.0166. The van der Waals surface area contributed by atoms with Crippen molar-refractivity contribution in [3.63, 3.8) is 0 Å². The fourth-order valence-corrected chi connectivity index (χ4v) is 6.09. The summed E-state index contributed by atoms with van der Waals surface area (Å²) >= 11 is 1.17. The smallest absolute Gasteiger partial charge is 0.339 e. The van der Waals surface area contributed by atoms with E-state index in [9.17, 15) is 22.8 Å². The molecule has 12 heteroatoms. The van der Waals surface area contributed by atoms with Crippen LogP contribution in [0.1, 0.15) is 34.6 Å². The molecule has 36 heavy (non-hydrogen) atoms. The molecule has 1 saturated carbocycles. The molecule has 2 amide bonds. The first-order chi connectivity index (χ1) is 17.2. The third-order valence-corrected chi connectivity index (χ3v) is 8.61. The zero-order valence-electron chi connectivity index (χ0n) is 20.3. The minimum Gasteiger partial charge on any atom is -0.339 e. The van der Waals surface area contributed by atoms with Crippen LogP contribution in [0.4, 0.5) is 13.2 Å². The molecule has 0 spiro atoms. The van der Waals surface area contributed by atoms with E-state index < -0.39 is 11.9 Å². The molecule has 196 valence electrons. The number of carbonyl (C=O) groups is 2. The maximum absolute atomic E-state index is 13.0. The summed E-state index contributed by atoms with van der Waals surface area (Å²) in [4.78, 5) is 35.2. The van der Waals surface area contributed by atoms with Gasteiger partial charge in [0.2, 0.25) is 5.91 Å². The highest BCUT2D eigenvalue weighted by atomic mass is 32.1. The summed E-state index contributed by atoms with van der Waals surface area (Å²) in [5.41, 5.74) is -0.629. The summed E-state index contributed by atoms with van der Waals surface area (Å²) in [5, 5.41) is 3.55. The van der Waals surface area contributed by atoms with Gasteiger partial charge in [0.1, 0.15) is 0 Å². The van der Waals surface area contributed by atoms with E-state index in [1.165, 1.54) is 42.3 Å². The van der Waals surface area contributed by atoms with Gasteiger partial charge in [-0.05, 0) is 31.0 Å². The molecule has 0 N–H and O–H groups in total. The number of hydrogen-bond acceptors (Lipinski definition) is 6. The third kappa shape index (κ3) is 5.30. The Labute approximate surface area is 212 Å². The minimum absolute atomic E-state index is 0.137. The van der Waals surface area contributed by atoms with Crippen molar-refractivity contribution in [3.05, 3.63) is 28.8 Å². The lowest BCUT2D eigenvalue weighted by Gasteiger charge is -2.43. The maximum Gasteiger partial charge on any atom is 0.435 e. The predicted molar refractivity (Wildman–Crippen MR) is 130 cm³/mol. The number of halogens is 3. The highest BCUT2D eigenvalue weighted by Gasteiger charge is 2.35. The molecule has 0 unspecified atom stereocenters. The van der Waals surface area contributed by atoms with Crippen LogP contribution in [0, 0.1) is 0 Å². The number of thiophene rings is 1. The van der Waals surface area contributed by atoms with Crippen molar-refractivity contribution < 1.29 is 22.8 Å². The average molecular weight is 525 g/mol. The highest BCUT2D eigenvalue weighted by Crippen LogP contribution is 2.34. The normalized spacial score (nSPS) is 20.6. The molecular weight excluding hydrogens is 493 g/mol. The van der Waals surface area contributed by atoms with Gasteiger partial charge in [-0.3, -0.25) is 24.1 Å². The van der Waals surface area contributed by atoms with Gasteiger partial charge in [-0.1, -0.05) is 6.42 Å². The average Bonchev–Trinajstić information content (AvgIpc) is 3.45. The van der Waals surface area contributed by atoms with Crippen molar-refractivity contribution in [3.8, 4) is 10.6 Å². The Kier molecular flexibility index (Phi) is 7.10. The number of alkyl halides is 3. The molecule has 0 atom stereocenters. The van der Waals surface area contributed by atoms with Crippen LogP contribution < -0.4 is 0 Å². The Morgan fingerprint density at radius 2 is 1.67 bits per heavy atom. The molecule has 1 aliphatic carbocycles. The molecule has 0 bridgehead atoms. The van der Waals surface area contributed by atoms with Crippen molar-refractivity contribution >= 4 is 23.2 Å². The summed E-state index contributed by atoms with van der Waals surface area (Å²) < 4.78 is 40.1. The SMILES string of the molecule is Cn1nc(C(F)(F)F)cc1-c1ccc(C(=O)N2CCN(CC(=O)N3CCN(C4CCC4)CC3)CC2)s1. The van der Waals surface area contributed by atoms with Crippen molar-refractivity contribution in [2.24, 2.45) is 7.05 Å². The molecule has 2 aromatic rings. The Morgan fingerprint density at radius 3 is 2.25 bits per heavy atom. The second-order valence-corrected chi connectivity index (χ2v) is 10.9. The van der Waals surface area contributed by atoms with Crippen molar-refractivity contribution in [2.45, 2.75) is 31.5 Å². The molecule has 4 heterocycles. The Morgan fingerprint density at radius 1 is 1.00 bits per heavy atom. The van der Waals surface area contributed by atoms with Crippen LogP contribution in [0.15, 0.2) is 18.2 Å². The van der Waals surface area contributed by atoms with E-state index >= 15 is 0 Å². The zero-order valence-corrected chi connectivity index (χ0v) is 21.2. The van der Waals surface area contributed by atoms with Crippen molar-refractivity contribution in [2.75, 3.05) is 58.9 Å². The molecule has 5 rings (SSSR count). The van der Waals surface area contributed by atoms with Crippen LogP contribution >= 0.6 is 11.3 Å². The molecule has 0 radical (unpaired) electrons. The molecule has 2 aliphatic heterocycles. The van der Waals surface area contributed by atoms with E-state index in [1.54, 1.807) is 17.0 Å². The van der Waals surface area contributed by atoms with Gasteiger partial charge in [-0.2, -0.15) is 18.3 Å². The quantitative estimate of drug-likeness (QED) is 0.602. The summed E-state index contributed by atoms with van der Waals surface area (Å²) in [6.07, 6.45) is -0.630. The van der Waals surface area contributed by atoms with Crippen LogP contribution in [0.3, 0.4) is 0 Å².